The Bertz CT molecular complexity index is 1140. The van der Waals surface area contributed by atoms with Gasteiger partial charge in [0.25, 0.3) is 5.91 Å². The van der Waals surface area contributed by atoms with E-state index in [9.17, 15) is 26.8 Å². The molecule has 0 atom stereocenters. The topological polar surface area (TPSA) is 145 Å². The van der Waals surface area contributed by atoms with Crippen LogP contribution in [-0.2, 0) is 14.3 Å². The summed E-state index contributed by atoms with van der Waals surface area (Å²) in [6.07, 6.45) is -0.777. The molecule has 0 bridgehead atoms. The molecular formula is C19H21F2N5O5S. The van der Waals surface area contributed by atoms with E-state index in [0.717, 1.165) is 12.3 Å². The van der Waals surface area contributed by atoms with Gasteiger partial charge in [-0.15, -0.1) is 0 Å². The number of alkyl halides is 2. The summed E-state index contributed by atoms with van der Waals surface area (Å²) in [6.45, 7) is 2.07. The first-order chi connectivity index (χ1) is 15.0. The highest BCUT2D eigenvalue weighted by Gasteiger charge is 2.33. The van der Waals surface area contributed by atoms with Crippen LogP contribution in [0.25, 0.3) is 0 Å². The standard InChI is InChI=1S/C19H21F2N5O5S/c1-12-3-4-14(16(24-12)26-9-2-6-19(20,21)7-10-26)17(27)25-13-5-8-23-15(11-13)32(29,30)31-18(22)28/h3-5,8,11H,2,6-7,9-10H2,1H3,(H2,22,28)(H,23,25,27). The van der Waals surface area contributed by atoms with Gasteiger partial charge in [0, 0.05) is 49.6 Å². The van der Waals surface area contributed by atoms with Crippen molar-refractivity contribution in [2.45, 2.75) is 37.1 Å². The lowest BCUT2D eigenvalue weighted by Gasteiger charge is -2.24. The molecule has 3 rings (SSSR count). The van der Waals surface area contributed by atoms with Crippen LogP contribution in [0.4, 0.5) is 25.1 Å². The van der Waals surface area contributed by atoms with Crippen LogP contribution >= 0.6 is 0 Å². The predicted molar refractivity (Wildman–Crippen MR) is 110 cm³/mol. The van der Waals surface area contributed by atoms with E-state index in [-0.39, 0.29) is 42.9 Å². The molecule has 0 aliphatic carbocycles. The Kier molecular flexibility index (Phi) is 6.57. The summed E-state index contributed by atoms with van der Waals surface area (Å²) < 4.78 is 55.5. The molecule has 0 radical (unpaired) electrons. The fourth-order valence-electron chi connectivity index (χ4n) is 3.21. The molecule has 2 aromatic rings. The van der Waals surface area contributed by atoms with E-state index >= 15 is 0 Å². The Labute approximate surface area is 182 Å². The van der Waals surface area contributed by atoms with Gasteiger partial charge in [-0.1, -0.05) is 0 Å². The number of halogens is 2. The minimum Gasteiger partial charge on any atom is -0.356 e. The molecule has 3 N–H and O–H groups in total. The molecule has 2 aromatic heterocycles. The maximum absolute atomic E-state index is 13.8. The van der Waals surface area contributed by atoms with Gasteiger partial charge in [0.1, 0.15) is 5.82 Å². The Morgan fingerprint density at radius 1 is 1.22 bits per heavy atom. The predicted octanol–water partition coefficient (Wildman–Crippen LogP) is 2.45. The maximum Gasteiger partial charge on any atom is 0.420 e. The fourth-order valence-corrected chi connectivity index (χ4v) is 3.97. The lowest BCUT2D eigenvalue weighted by molar-refractivity contribution is -0.0102. The Balaban J connectivity index is 1.86. The zero-order valence-corrected chi connectivity index (χ0v) is 17.9. The molecule has 10 nitrogen and oxygen atoms in total. The van der Waals surface area contributed by atoms with Crippen molar-refractivity contribution in [1.29, 1.82) is 0 Å². The van der Waals surface area contributed by atoms with Crippen molar-refractivity contribution in [3.05, 3.63) is 41.7 Å². The molecule has 3 heterocycles. The van der Waals surface area contributed by atoms with Crippen LogP contribution in [0.1, 0.15) is 35.3 Å². The summed E-state index contributed by atoms with van der Waals surface area (Å²) in [7, 11) is -4.56. The van der Waals surface area contributed by atoms with Crippen molar-refractivity contribution in [2.24, 2.45) is 5.73 Å². The normalized spacial score (nSPS) is 16.2. The molecule has 0 spiro atoms. The largest absolute Gasteiger partial charge is 0.420 e. The first-order valence-electron chi connectivity index (χ1n) is 9.59. The number of pyridine rings is 2. The number of rotatable bonds is 5. The van der Waals surface area contributed by atoms with Gasteiger partial charge < -0.3 is 20.1 Å². The summed E-state index contributed by atoms with van der Waals surface area (Å²) in [6, 6.07) is 5.44. The lowest BCUT2D eigenvalue weighted by atomic mass is 10.1. The number of carbonyl (C=O) groups is 2. The highest BCUT2D eigenvalue weighted by atomic mass is 32.2. The van der Waals surface area contributed by atoms with Gasteiger partial charge in [-0.3, -0.25) is 4.79 Å². The number of aromatic nitrogens is 2. The number of nitrogens with two attached hydrogens (primary N) is 1. The minimum absolute atomic E-state index is 0.0336. The van der Waals surface area contributed by atoms with Crippen LogP contribution in [0.2, 0.25) is 0 Å². The highest BCUT2D eigenvalue weighted by Crippen LogP contribution is 2.31. The monoisotopic (exact) mass is 469 g/mol. The number of aryl methyl sites for hydroxylation is 1. The molecule has 0 unspecified atom stereocenters. The van der Waals surface area contributed by atoms with Gasteiger partial charge in [0.05, 0.1) is 5.56 Å². The molecule has 32 heavy (non-hydrogen) atoms. The summed E-state index contributed by atoms with van der Waals surface area (Å²) in [4.78, 5) is 33.4. The molecule has 172 valence electrons. The van der Waals surface area contributed by atoms with E-state index in [0.29, 0.717) is 12.2 Å². The molecule has 1 aliphatic heterocycles. The number of nitrogens with zero attached hydrogens (tertiary/aromatic N) is 3. The maximum atomic E-state index is 13.8. The highest BCUT2D eigenvalue weighted by molar-refractivity contribution is 7.87. The van der Waals surface area contributed by atoms with Gasteiger partial charge in [0.2, 0.25) is 5.92 Å². The number of hydrogen-bond donors (Lipinski definition) is 2. The Morgan fingerprint density at radius 2 is 1.97 bits per heavy atom. The number of anilines is 2. The fraction of sp³-hybridized carbons (Fsp3) is 0.368. The average Bonchev–Trinajstić information content (AvgIpc) is 2.87. The van der Waals surface area contributed by atoms with Gasteiger partial charge in [-0.25, -0.2) is 23.5 Å². The van der Waals surface area contributed by atoms with Gasteiger partial charge in [0.15, 0.2) is 5.03 Å². The van der Waals surface area contributed by atoms with Gasteiger partial charge in [-0.05, 0) is 31.5 Å². The summed E-state index contributed by atoms with van der Waals surface area (Å²) >= 11 is 0. The van der Waals surface area contributed by atoms with Gasteiger partial charge >= 0.3 is 16.2 Å². The van der Waals surface area contributed by atoms with Crippen molar-refractivity contribution >= 4 is 33.6 Å². The van der Waals surface area contributed by atoms with Gasteiger partial charge in [-0.2, -0.15) is 8.42 Å². The summed E-state index contributed by atoms with van der Waals surface area (Å²) in [5.41, 5.74) is 5.53. The van der Waals surface area contributed by atoms with Crippen LogP contribution in [0.3, 0.4) is 0 Å². The number of nitrogens with one attached hydrogen (secondary N) is 1. The van der Waals surface area contributed by atoms with Crippen molar-refractivity contribution < 1.29 is 31.0 Å². The molecule has 0 saturated carbocycles. The van der Waals surface area contributed by atoms with E-state index in [2.05, 4.69) is 19.5 Å². The molecule has 2 amide bonds. The van der Waals surface area contributed by atoms with E-state index in [1.807, 2.05) is 0 Å². The van der Waals surface area contributed by atoms with Crippen LogP contribution in [0.15, 0.2) is 35.5 Å². The molecule has 1 saturated heterocycles. The zero-order valence-electron chi connectivity index (χ0n) is 17.0. The smallest absolute Gasteiger partial charge is 0.356 e. The lowest BCUT2D eigenvalue weighted by Crippen LogP contribution is -2.29. The van der Waals surface area contributed by atoms with Crippen molar-refractivity contribution in [3.63, 3.8) is 0 Å². The van der Waals surface area contributed by atoms with E-state index in [1.54, 1.807) is 17.9 Å². The van der Waals surface area contributed by atoms with Crippen molar-refractivity contribution in [1.82, 2.24) is 9.97 Å². The Hall–Kier alpha value is -3.35. The van der Waals surface area contributed by atoms with Crippen molar-refractivity contribution in [3.8, 4) is 0 Å². The number of carbonyl (C=O) groups excluding carboxylic acids is 2. The average molecular weight is 469 g/mol. The molecule has 13 heteroatoms. The van der Waals surface area contributed by atoms with E-state index in [4.69, 9.17) is 5.73 Å². The van der Waals surface area contributed by atoms with Crippen LogP contribution in [0.5, 0.6) is 0 Å². The van der Waals surface area contributed by atoms with E-state index < -0.39 is 33.1 Å². The SMILES string of the molecule is Cc1ccc(C(=O)Nc2ccnc(S(=O)(=O)OC(N)=O)c2)c(N2CCCC(F)(F)CC2)n1. The van der Waals surface area contributed by atoms with Crippen LogP contribution < -0.4 is 16.0 Å². The summed E-state index contributed by atoms with van der Waals surface area (Å²) in [5, 5.41) is 1.89. The second kappa shape index (κ2) is 9.02. The Morgan fingerprint density at radius 3 is 2.69 bits per heavy atom. The van der Waals surface area contributed by atoms with Crippen LogP contribution in [-0.4, -0.2) is 49.4 Å². The van der Waals surface area contributed by atoms with Crippen LogP contribution in [0, 0.1) is 6.92 Å². The molecule has 1 aliphatic rings. The third kappa shape index (κ3) is 5.66. The number of amides is 2. The molecular weight excluding hydrogens is 448 g/mol. The second-order valence-corrected chi connectivity index (χ2v) is 8.71. The second-order valence-electron chi connectivity index (χ2n) is 7.21. The number of primary amides is 1. The van der Waals surface area contributed by atoms with E-state index in [1.165, 1.54) is 12.1 Å². The third-order valence-electron chi connectivity index (χ3n) is 4.72. The molecule has 1 fully saturated rings. The zero-order chi connectivity index (χ0) is 23.5. The quantitative estimate of drug-likeness (QED) is 0.635. The number of hydrogen-bond acceptors (Lipinski definition) is 8. The first kappa shape index (κ1) is 23.3. The summed E-state index contributed by atoms with van der Waals surface area (Å²) in [5.74, 6) is -3.14. The molecule has 0 aromatic carbocycles. The first-order valence-corrected chi connectivity index (χ1v) is 11.0. The third-order valence-corrected chi connectivity index (χ3v) is 5.84. The minimum atomic E-state index is -4.56. The van der Waals surface area contributed by atoms with Crippen molar-refractivity contribution in [2.75, 3.05) is 23.3 Å².